The van der Waals surface area contributed by atoms with Crippen LogP contribution in [0.1, 0.15) is 13.8 Å². The molecule has 0 aromatic carbocycles. The number of aromatic nitrogens is 2. The molecule has 0 atom stereocenters. The number of nitrogens with zero attached hydrogens (tertiary/aromatic N) is 2. The molecule has 112 valence electrons. The maximum Gasteiger partial charge on any atom is 0.328 e. The Bertz CT molecular complexity index is 770. The number of rotatable bonds is 4. The number of carboxylic acids is 1. The van der Waals surface area contributed by atoms with Crippen LogP contribution in [0.2, 0.25) is 0 Å². The number of nitrogens with one attached hydrogen (secondary N) is 1. The van der Waals surface area contributed by atoms with Gasteiger partial charge in [0.25, 0.3) is 5.56 Å². The van der Waals surface area contributed by atoms with E-state index in [4.69, 9.17) is 9.84 Å². The zero-order valence-corrected chi connectivity index (χ0v) is 11.7. The number of ether oxygens (including phenoxy) is 1. The molecular weight excluding hydrogens is 281 g/mol. The third-order valence-corrected chi connectivity index (χ3v) is 2.89. The minimum atomic E-state index is -1.32. The molecule has 2 N–H and O–H groups in total. The summed E-state index contributed by atoms with van der Waals surface area (Å²) >= 11 is 0. The first-order valence-corrected chi connectivity index (χ1v) is 6.03. The molecule has 0 saturated carbocycles. The van der Waals surface area contributed by atoms with Crippen LogP contribution >= 0.6 is 0 Å². The molecular formula is C13H14FN3O4. The summed E-state index contributed by atoms with van der Waals surface area (Å²) in [6.07, 6.45) is 1.29. The number of hydrogen-bond donors (Lipinski definition) is 2. The zero-order chi connectivity index (χ0) is 15.8. The van der Waals surface area contributed by atoms with Crippen molar-refractivity contribution in [1.82, 2.24) is 9.38 Å². The van der Waals surface area contributed by atoms with Gasteiger partial charge in [-0.05, 0) is 13.8 Å². The summed E-state index contributed by atoms with van der Waals surface area (Å²) in [5, 5.41) is 11.7. The van der Waals surface area contributed by atoms with Gasteiger partial charge < -0.3 is 15.2 Å². The van der Waals surface area contributed by atoms with Crippen LogP contribution in [0.4, 0.5) is 10.1 Å². The quantitative estimate of drug-likeness (QED) is 0.878. The fourth-order valence-corrected chi connectivity index (χ4v) is 1.73. The number of hydrogen-bond acceptors (Lipinski definition) is 5. The lowest BCUT2D eigenvalue weighted by Crippen LogP contribution is -2.40. The SMILES string of the molecule is COc1cc(=O)n2cc(NC(C)(C)C(=O)O)cc(F)c2n1. The maximum atomic E-state index is 14.1. The number of halogens is 1. The van der Waals surface area contributed by atoms with E-state index in [1.807, 2.05) is 0 Å². The molecule has 8 heteroatoms. The highest BCUT2D eigenvalue weighted by molar-refractivity contribution is 5.81. The van der Waals surface area contributed by atoms with Gasteiger partial charge in [-0.25, -0.2) is 9.18 Å². The maximum absolute atomic E-state index is 14.1. The Balaban J connectivity index is 2.58. The number of pyridine rings is 1. The van der Waals surface area contributed by atoms with Crippen LogP contribution in [-0.2, 0) is 4.79 Å². The van der Waals surface area contributed by atoms with Gasteiger partial charge >= 0.3 is 5.97 Å². The van der Waals surface area contributed by atoms with E-state index >= 15 is 0 Å². The van der Waals surface area contributed by atoms with Crippen molar-refractivity contribution < 1.29 is 19.0 Å². The minimum Gasteiger partial charge on any atom is -0.481 e. The molecule has 0 spiro atoms. The highest BCUT2D eigenvalue weighted by Gasteiger charge is 2.27. The van der Waals surface area contributed by atoms with Gasteiger partial charge in [0.15, 0.2) is 11.5 Å². The average molecular weight is 295 g/mol. The Morgan fingerprint density at radius 2 is 2.14 bits per heavy atom. The Labute approximate surface area is 119 Å². The number of carboxylic acid groups (broad SMARTS) is 1. The fourth-order valence-electron chi connectivity index (χ4n) is 1.73. The summed E-state index contributed by atoms with van der Waals surface area (Å²) in [7, 11) is 1.32. The number of aliphatic carboxylic acids is 1. The summed E-state index contributed by atoms with van der Waals surface area (Å²) in [6.45, 7) is 2.85. The minimum absolute atomic E-state index is 0.00507. The Hall–Kier alpha value is -2.64. The molecule has 0 amide bonds. The molecule has 0 unspecified atom stereocenters. The molecule has 0 bridgehead atoms. The van der Waals surface area contributed by atoms with Crippen molar-refractivity contribution in [2.45, 2.75) is 19.4 Å². The average Bonchev–Trinajstić information content (AvgIpc) is 2.39. The van der Waals surface area contributed by atoms with Gasteiger partial charge in [-0.1, -0.05) is 0 Å². The smallest absolute Gasteiger partial charge is 0.328 e. The van der Waals surface area contributed by atoms with E-state index in [0.717, 1.165) is 16.5 Å². The van der Waals surface area contributed by atoms with Crippen molar-refractivity contribution in [1.29, 1.82) is 0 Å². The van der Waals surface area contributed by atoms with Crippen molar-refractivity contribution in [2.24, 2.45) is 0 Å². The third-order valence-electron chi connectivity index (χ3n) is 2.89. The second-order valence-corrected chi connectivity index (χ2v) is 4.96. The molecule has 0 fully saturated rings. The summed E-state index contributed by atoms with van der Waals surface area (Å²) < 4.78 is 19.9. The molecule has 0 radical (unpaired) electrons. The topological polar surface area (TPSA) is 92.9 Å². The number of fused-ring (bicyclic) bond motifs is 1. The van der Waals surface area contributed by atoms with Crippen molar-refractivity contribution in [3.63, 3.8) is 0 Å². The largest absolute Gasteiger partial charge is 0.481 e. The number of methoxy groups -OCH3 is 1. The Morgan fingerprint density at radius 1 is 1.48 bits per heavy atom. The predicted octanol–water partition coefficient (Wildman–Crippen LogP) is 1.12. The second kappa shape index (κ2) is 5.04. The van der Waals surface area contributed by atoms with Gasteiger partial charge in [0.05, 0.1) is 18.9 Å². The molecule has 0 aliphatic rings. The monoisotopic (exact) mass is 295 g/mol. The van der Waals surface area contributed by atoms with E-state index < -0.39 is 22.9 Å². The normalized spacial score (nSPS) is 11.4. The van der Waals surface area contributed by atoms with Crippen molar-refractivity contribution in [2.75, 3.05) is 12.4 Å². The van der Waals surface area contributed by atoms with Crippen LogP contribution in [0.15, 0.2) is 23.1 Å². The number of carbonyl (C=O) groups is 1. The highest BCUT2D eigenvalue weighted by atomic mass is 19.1. The molecule has 0 aliphatic carbocycles. The van der Waals surface area contributed by atoms with Gasteiger partial charge in [-0.15, -0.1) is 0 Å². The van der Waals surface area contributed by atoms with Gasteiger partial charge in [-0.2, -0.15) is 4.98 Å². The van der Waals surface area contributed by atoms with Crippen LogP contribution in [0.25, 0.3) is 5.65 Å². The second-order valence-electron chi connectivity index (χ2n) is 4.96. The lowest BCUT2D eigenvalue weighted by atomic mass is 10.1. The van der Waals surface area contributed by atoms with Crippen LogP contribution in [0.5, 0.6) is 5.88 Å². The zero-order valence-electron chi connectivity index (χ0n) is 11.7. The first-order valence-electron chi connectivity index (χ1n) is 6.03. The van der Waals surface area contributed by atoms with E-state index in [-0.39, 0.29) is 17.2 Å². The third kappa shape index (κ3) is 2.78. The number of anilines is 1. The lowest BCUT2D eigenvalue weighted by Gasteiger charge is -2.22. The molecule has 2 heterocycles. The van der Waals surface area contributed by atoms with Crippen molar-refractivity contribution in [3.8, 4) is 5.88 Å². The van der Waals surface area contributed by atoms with Gasteiger partial charge in [-0.3, -0.25) is 9.20 Å². The van der Waals surface area contributed by atoms with Crippen LogP contribution in [0.3, 0.4) is 0 Å². The summed E-state index contributed by atoms with van der Waals surface area (Å²) in [5.41, 5.74) is -1.89. The van der Waals surface area contributed by atoms with Crippen LogP contribution < -0.4 is 15.6 Å². The summed E-state index contributed by atoms with van der Waals surface area (Å²) in [4.78, 5) is 26.8. The fraction of sp³-hybridized carbons (Fsp3) is 0.308. The Morgan fingerprint density at radius 3 is 2.71 bits per heavy atom. The van der Waals surface area contributed by atoms with Gasteiger partial charge in [0, 0.05) is 12.3 Å². The molecule has 21 heavy (non-hydrogen) atoms. The first kappa shape index (κ1) is 14.8. The summed E-state index contributed by atoms with van der Waals surface area (Å²) in [5.74, 6) is -1.87. The lowest BCUT2D eigenvalue weighted by molar-refractivity contribution is -0.141. The predicted molar refractivity (Wildman–Crippen MR) is 73.3 cm³/mol. The molecule has 2 aromatic heterocycles. The van der Waals surface area contributed by atoms with Gasteiger partial charge in [0.1, 0.15) is 5.54 Å². The first-order chi connectivity index (χ1) is 9.74. The van der Waals surface area contributed by atoms with Crippen LogP contribution in [-0.4, -0.2) is 33.1 Å². The van der Waals surface area contributed by atoms with E-state index in [2.05, 4.69) is 10.3 Å². The van der Waals surface area contributed by atoms with E-state index in [1.54, 1.807) is 0 Å². The standard InChI is InChI=1S/C13H14FN3O4/c1-13(2,12(19)20)16-7-4-8(14)11-15-9(21-3)5-10(18)17(11)6-7/h4-6,16H,1-3H3,(H,19,20). The summed E-state index contributed by atoms with van der Waals surface area (Å²) in [6, 6.07) is 2.18. The molecule has 7 nitrogen and oxygen atoms in total. The Kier molecular flexibility index (Phi) is 3.54. The van der Waals surface area contributed by atoms with Crippen molar-refractivity contribution >= 4 is 17.3 Å². The molecule has 0 saturated heterocycles. The highest BCUT2D eigenvalue weighted by Crippen LogP contribution is 2.19. The molecule has 0 aliphatic heterocycles. The van der Waals surface area contributed by atoms with Gasteiger partial charge in [0.2, 0.25) is 5.88 Å². The molecule has 2 aromatic rings. The van der Waals surface area contributed by atoms with E-state index in [1.165, 1.54) is 27.2 Å². The van der Waals surface area contributed by atoms with E-state index in [0.29, 0.717) is 0 Å². The van der Waals surface area contributed by atoms with E-state index in [9.17, 15) is 14.0 Å². The van der Waals surface area contributed by atoms with Crippen molar-refractivity contribution in [3.05, 3.63) is 34.5 Å². The van der Waals surface area contributed by atoms with Crippen LogP contribution in [0, 0.1) is 5.82 Å². The molecule has 2 rings (SSSR count).